The van der Waals surface area contributed by atoms with Crippen molar-refractivity contribution in [2.24, 2.45) is 0 Å². The first-order valence-electron chi connectivity index (χ1n) is 7.56. The molecule has 2 heteroatoms. The Morgan fingerprint density at radius 1 is 0.773 bits per heavy atom. The second-order valence-electron chi connectivity index (χ2n) is 5.54. The molecule has 0 aliphatic rings. The van der Waals surface area contributed by atoms with Crippen LogP contribution in [0.2, 0.25) is 0 Å². The molecule has 0 aliphatic heterocycles. The maximum atomic E-state index is 4.26. The normalized spacial score (nSPS) is 10.4. The van der Waals surface area contributed by atoms with E-state index in [0.29, 0.717) is 0 Å². The van der Waals surface area contributed by atoms with Crippen LogP contribution in [-0.2, 0) is 13.1 Å². The van der Waals surface area contributed by atoms with Gasteiger partial charge in [0.2, 0.25) is 0 Å². The van der Waals surface area contributed by atoms with Gasteiger partial charge in [-0.2, -0.15) is 0 Å². The summed E-state index contributed by atoms with van der Waals surface area (Å²) in [5, 5.41) is 0. The first-order valence-corrected chi connectivity index (χ1v) is 7.56. The van der Waals surface area contributed by atoms with Gasteiger partial charge >= 0.3 is 0 Å². The Hall–Kier alpha value is -2.61. The second-order valence-corrected chi connectivity index (χ2v) is 5.54. The summed E-state index contributed by atoms with van der Waals surface area (Å²) >= 11 is 0. The lowest BCUT2D eigenvalue weighted by atomic mass is 10.1. The fraction of sp³-hybridized carbons (Fsp3) is 0.150. The molecule has 2 aromatic carbocycles. The highest BCUT2D eigenvalue weighted by Gasteiger charge is 2.08. The van der Waals surface area contributed by atoms with Crippen LogP contribution in [0.3, 0.4) is 0 Å². The van der Waals surface area contributed by atoms with Crippen molar-refractivity contribution in [2.45, 2.75) is 20.0 Å². The number of aryl methyl sites for hydroxylation is 1. The molecule has 22 heavy (non-hydrogen) atoms. The zero-order valence-electron chi connectivity index (χ0n) is 12.8. The predicted molar refractivity (Wildman–Crippen MR) is 91.7 cm³/mol. The highest BCUT2D eigenvalue weighted by molar-refractivity contribution is 5.45. The largest absolute Gasteiger partial charge is 0.362 e. The molecule has 110 valence electrons. The second kappa shape index (κ2) is 6.90. The highest BCUT2D eigenvalue weighted by Crippen LogP contribution is 2.19. The Morgan fingerprint density at radius 3 is 2.09 bits per heavy atom. The third-order valence-electron chi connectivity index (χ3n) is 3.72. The summed E-state index contributed by atoms with van der Waals surface area (Å²) in [6.45, 7) is 3.87. The van der Waals surface area contributed by atoms with Gasteiger partial charge in [-0.1, -0.05) is 60.2 Å². The van der Waals surface area contributed by atoms with Gasteiger partial charge in [0.15, 0.2) is 0 Å². The smallest absolute Gasteiger partial charge is 0.0558 e. The minimum Gasteiger partial charge on any atom is -0.362 e. The Labute approximate surface area is 132 Å². The molecule has 0 spiro atoms. The van der Waals surface area contributed by atoms with E-state index in [1.54, 1.807) is 0 Å². The van der Waals surface area contributed by atoms with E-state index in [-0.39, 0.29) is 0 Å². The molecule has 0 fully saturated rings. The van der Waals surface area contributed by atoms with E-state index >= 15 is 0 Å². The summed E-state index contributed by atoms with van der Waals surface area (Å²) in [5.41, 5.74) is 5.05. The number of anilines is 1. The maximum Gasteiger partial charge on any atom is 0.0558 e. The minimum atomic E-state index is 0.875. The topological polar surface area (TPSA) is 16.1 Å². The van der Waals surface area contributed by atoms with Crippen LogP contribution < -0.4 is 4.90 Å². The molecule has 3 rings (SSSR count). The van der Waals surface area contributed by atoms with Gasteiger partial charge in [0.25, 0.3) is 0 Å². The van der Waals surface area contributed by atoms with Gasteiger partial charge in [-0.15, -0.1) is 0 Å². The number of hydrogen-bond donors (Lipinski definition) is 0. The van der Waals surface area contributed by atoms with Crippen LogP contribution in [-0.4, -0.2) is 4.98 Å². The molecule has 0 saturated carbocycles. The van der Waals surface area contributed by atoms with Crippen LogP contribution in [0.15, 0.2) is 79.1 Å². The van der Waals surface area contributed by atoms with Crippen molar-refractivity contribution in [3.05, 3.63) is 95.8 Å². The van der Waals surface area contributed by atoms with Crippen molar-refractivity contribution >= 4 is 5.69 Å². The summed E-state index contributed by atoms with van der Waals surface area (Å²) in [5.74, 6) is 0. The molecule has 0 N–H and O–H groups in total. The van der Waals surface area contributed by atoms with Crippen molar-refractivity contribution < 1.29 is 0 Å². The molecule has 0 unspecified atom stereocenters. The van der Waals surface area contributed by atoms with E-state index in [1.807, 2.05) is 18.5 Å². The zero-order chi connectivity index (χ0) is 15.2. The summed E-state index contributed by atoms with van der Waals surface area (Å²) < 4.78 is 0. The summed E-state index contributed by atoms with van der Waals surface area (Å²) in [7, 11) is 0. The van der Waals surface area contributed by atoms with E-state index in [4.69, 9.17) is 0 Å². The molecule has 0 aliphatic carbocycles. The first-order chi connectivity index (χ1) is 10.8. The van der Waals surface area contributed by atoms with Gasteiger partial charge in [-0.05, 0) is 30.2 Å². The fourth-order valence-corrected chi connectivity index (χ4v) is 2.50. The van der Waals surface area contributed by atoms with Crippen molar-refractivity contribution in [3.63, 3.8) is 0 Å². The van der Waals surface area contributed by atoms with Gasteiger partial charge in [0.1, 0.15) is 0 Å². The Bertz CT molecular complexity index is 691. The molecule has 0 amide bonds. The fourth-order valence-electron chi connectivity index (χ4n) is 2.50. The Balaban J connectivity index is 1.84. The van der Waals surface area contributed by atoms with Gasteiger partial charge in [0, 0.05) is 19.3 Å². The molecule has 0 radical (unpaired) electrons. The molecule has 2 nitrogen and oxygen atoms in total. The summed E-state index contributed by atoms with van der Waals surface area (Å²) in [4.78, 5) is 6.62. The van der Waals surface area contributed by atoms with Crippen molar-refractivity contribution in [2.75, 3.05) is 4.90 Å². The average Bonchev–Trinajstić information content (AvgIpc) is 2.58. The molecule has 1 heterocycles. The van der Waals surface area contributed by atoms with Crippen molar-refractivity contribution in [1.82, 2.24) is 4.98 Å². The van der Waals surface area contributed by atoms with E-state index < -0.39 is 0 Å². The third kappa shape index (κ3) is 3.73. The van der Waals surface area contributed by atoms with Crippen LogP contribution in [0.1, 0.15) is 16.7 Å². The first kappa shape index (κ1) is 14.3. The SMILES string of the molecule is Cc1ccc(CN(Cc2ccccc2)c2cccnc2)cc1. The van der Waals surface area contributed by atoms with E-state index in [0.717, 1.165) is 18.8 Å². The van der Waals surface area contributed by atoms with Crippen LogP contribution in [0, 0.1) is 6.92 Å². The van der Waals surface area contributed by atoms with Crippen LogP contribution in [0.4, 0.5) is 5.69 Å². The molecule has 3 aromatic rings. The van der Waals surface area contributed by atoms with Crippen LogP contribution in [0.5, 0.6) is 0 Å². The average molecular weight is 288 g/mol. The number of nitrogens with zero attached hydrogens (tertiary/aromatic N) is 2. The van der Waals surface area contributed by atoms with Gasteiger partial charge in [0.05, 0.1) is 11.9 Å². The molecule has 0 bridgehead atoms. The van der Waals surface area contributed by atoms with Gasteiger partial charge in [-0.25, -0.2) is 0 Å². The summed E-state index contributed by atoms with van der Waals surface area (Å²) in [6.07, 6.45) is 3.74. The quantitative estimate of drug-likeness (QED) is 0.682. The molecule has 0 atom stereocenters. The van der Waals surface area contributed by atoms with Gasteiger partial charge in [-0.3, -0.25) is 4.98 Å². The lowest BCUT2D eigenvalue weighted by Gasteiger charge is -2.25. The van der Waals surface area contributed by atoms with Crippen LogP contribution >= 0.6 is 0 Å². The molecule has 1 aromatic heterocycles. The van der Waals surface area contributed by atoms with Crippen molar-refractivity contribution in [3.8, 4) is 0 Å². The number of pyridine rings is 1. The highest BCUT2D eigenvalue weighted by atomic mass is 15.1. The molecular formula is C20H20N2. The Kier molecular flexibility index (Phi) is 4.50. The standard InChI is InChI=1S/C20H20N2/c1-17-9-11-19(12-10-17)16-22(20-8-5-13-21-14-20)15-18-6-3-2-4-7-18/h2-14H,15-16H2,1H3. The number of hydrogen-bond acceptors (Lipinski definition) is 2. The predicted octanol–water partition coefficient (Wildman–Crippen LogP) is 4.60. The maximum absolute atomic E-state index is 4.26. The monoisotopic (exact) mass is 288 g/mol. The van der Waals surface area contributed by atoms with E-state index in [2.05, 4.69) is 77.5 Å². The molecule has 0 saturated heterocycles. The zero-order valence-corrected chi connectivity index (χ0v) is 12.8. The number of rotatable bonds is 5. The number of benzene rings is 2. The van der Waals surface area contributed by atoms with E-state index in [9.17, 15) is 0 Å². The minimum absolute atomic E-state index is 0.875. The number of aromatic nitrogens is 1. The van der Waals surface area contributed by atoms with Gasteiger partial charge < -0.3 is 4.90 Å². The van der Waals surface area contributed by atoms with Crippen LogP contribution in [0.25, 0.3) is 0 Å². The lowest BCUT2D eigenvalue weighted by Crippen LogP contribution is -2.22. The lowest BCUT2D eigenvalue weighted by molar-refractivity contribution is 0.797. The Morgan fingerprint density at radius 2 is 1.45 bits per heavy atom. The van der Waals surface area contributed by atoms with E-state index in [1.165, 1.54) is 16.7 Å². The summed E-state index contributed by atoms with van der Waals surface area (Å²) in [6, 6.07) is 23.4. The third-order valence-corrected chi connectivity index (χ3v) is 3.72. The molecular weight excluding hydrogens is 268 g/mol. The van der Waals surface area contributed by atoms with Crippen molar-refractivity contribution in [1.29, 1.82) is 0 Å².